The van der Waals surface area contributed by atoms with Crippen molar-refractivity contribution in [2.24, 2.45) is 0 Å². The first-order valence-electron chi connectivity index (χ1n) is 51.5. The third kappa shape index (κ3) is 50.6. The standard InChI is InChI=1S/C33H50N2O3.C30H46N2O3.C27H41N3O.C24H37N3O/c1-5-6-7-9-18-25-35(26-19-10-8-17-24-34-32(37)38-33(2,3)4)31(36)27-30(28-20-13-11-14-21-28)29-22-15-12-16-23-29;1-5-6-7-9-14-22-32(23-15-10-8-13-21-31-29(34)35-30(2,3)4)28(33)24-26-19-16-18-25-17-11-12-20-27(25)26;28-19-11-1-3-13-21-30(22-14-4-2-12-20-29)27(31)23-26(24-15-7-5-8-16-24)25-17-9-6-10-18-25;25-16-7-1-3-9-18-27(19-10-4-2-8-17-26)24(28)20-22-14-11-13-21-12-5-6-15-23(21)22/h11-16,20-23,30H,5-10,17-19,24-27H2,1-4H3,(H,34,37);11-12,16-20H,5-10,13-15,21-24H2,1-4H3,(H,31,34);5-10,15-18,26H,1-4,11-14,19-23,28-29H2;5-6,11-15H,1-4,7-10,16-20,25-26H2/p+4. The van der Waals surface area contributed by atoms with Crippen molar-refractivity contribution in [3.63, 3.8) is 0 Å². The average Bonchev–Trinajstić information content (AvgIpc) is 0.832. The van der Waals surface area contributed by atoms with Crippen LogP contribution in [0.25, 0.3) is 21.5 Å². The minimum atomic E-state index is -0.476. The maximum Gasteiger partial charge on any atom is 0.407 e. The smallest absolute Gasteiger partial charge is 0.407 e. The summed E-state index contributed by atoms with van der Waals surface area (Å²) < 4.78 is 10.6. The molecule has 0 radical (unpaired) electrons. The summed E-state index contributed by atoms with van der Waals surface area (Å²) in [5.74, 6) is 1.19. The van der Waals surface area contributed by atoms with Crippen LogP contribution in [0.15, 0.2) is 206 Å². The van der Waals surface area contributed by atoms with Crippen molar-refractivity contribution in [1.29, 1.82) is 0 Å². The van der Waals surface area contributed by atoms with Gasteiger partial charge in [-0.05, 0) is 212 Å². The van der Waals surface area contributed by atoms with E-state index in [0.29, 0.717) is 38.8 Å². The Bertz CT molecular complexity index is 4200. The molecular formula is C114H178N10O8+4. The third-order valence-electron chi connectivity index (χ3n) is 24.2. The Hall–Kier alpha value is -9.46. The van der Waals surface area contributed by atoms with E-state index in [2.05, 4.69) is 231 Å². The van der Waals surface area contributed by atoms with E-state index in [0.717, 1.165) is 180 Å². The van der Waals surface area contributed by atoms with Gasteiger partial charge in [-0.1, -0.05) is 323 Å². The van der Waals surface area contributed by atoms with Crippen molar-refractivity contribution in [1.82, 2.24) is 30.2 Å². The molecule has 0 saturated carbocycles. The lowest BCUT2D eigenvalue weighted by Gasteiger charge is -2.26. The molecule has 8 rings (SSSR count). The highest BCUT2D eigenvalue weighted by Crippen LogP contribution is 2.32. The van der Waals surface area contributed by atoms with Gasteiger partial charge in [0.05, 0.1) is 39.0 Å². The number of quaternary nitrogens is 4. The van der Waals surface area contributed by atoms with Crippen LogP contribution >= 0.6 is 0 Å². The molecule has 14 N–H and O–H groups in total. The van der Waals surface area contributed by atoms with E-state index < -0.39 is 11.2 Å². The van der Waals surface area contributed by atoms with Crippen molar-refractivity contribution >= 4 is 57.4 Å². The summed E-state index contributed by atoms with van der Waals surface area (Å²) >= 11 is 0. The van der Waals surface area contributed by atoms with E-state index >= 15 is 0 Å². The number of alkyl carbamates (subject to hydrolysis) is 2. The molecule has 0 saturated heterocycles. The monoisotopic (exact) mass is 1820 g/mol. The van der Waals surface area contributed by atoms with Gasteiger partial charge in [0.25, 0.3) is 0 Å². The second-order valence-electron chi connectivity index (χ2n) is 37.9. The van der Waals surface area contributed by atoms with Gasteiger partial charge in [-0.15, -0.1) is 0 Å². The van der Waals surface area contributed by atoms with Gasteiger partial charge in [0, 0.05) is 90.1 Å². The van der Waals surface area contributed by atoms with E-state index in [4.69, 9.17) is 9.47 Å². The Labute approximate surface area is 797 Å². The summed E-state index contributed by atoms with van der Waals surface area (Å²) in [5, 5.41) is 10.4. The number of benzene rings is 8. The van der Waals surface area contributed by atoms with Crippen LogP contribution in [0.4, 0.5) is 9.59 Å². The maximum absolute atomic E-state index is 13.6. The van der Waals surface area contributed by atoms with Crippen molar-refractivity contribution in [3.8, 4) is 0 Å². The normalized spacial score (nSPS) is 11.3. The molecule has 8 aromatic carbocycles. The first kappa shape index (κ1) is 113. The Kier molecular flexibility index (Phi) is 60.2. The third-order valence-corrected chi connectivity index (χ3v) is 24.2. The van der Waals surface area contributed by atoms with E-state index in [1.807, 2.05) is 84.0 Å². The SMILES string of the molecule is CCCCCCCN(CCCCCCNC(=O)OC(C)(C)C)C(=O)CC(c1ccccc1)c1ccccc1.CCCCCCCN(CCCCCCNC(=O)OC(C)(C)C)C(=O)Cc1cccc2ccccc12.[NH3+]CCCCCCN(CCCCCC[NH3+])C(=O)CC(c1ccccc1)c1ccccc1.[NH3+]CCCCCCN(CCCCCC[NH3+])C(=O)Cc1cccc2ccccc12. The predicted molar refractivity (Wildman–Crippen MR) is 548 cm³/mol. The van der Waals surface area contributed by atoms with Gasteiger partial charge >= 0.3 is 12.2 Å². The van der Waals surface area contributed by atoms with E-state index in [1.54, 1.807) is 0 Å². The largest absolute Gasteiger partial charge is 0.444 e. The van der Waals surface area contributed by atoms with Crippen LogP contribution in [0.5, 0.6) is 0 Å². The summed E-state index contributed by atoms with van der Waals surface area (Å²) in [6.07, 6.45) is 39.9. The van der Waals surface area contributed by atoms with Crippen LogP contribution < -0.4 is 33.6 Å². The average molecular weight is 1820 g/mol. The minimum absolute atomic E-state index is 0.0615. The van der Waals surface area contributed by atoms with Gasteiger partial charge in [-0.2, -0.15) is 0 Å². The second-order valence-corrected chi connectivity index (χ2v) is 37.9. The van der Waals surface area contributed by atoms with Gasteiger partial charge in [-0.3, -0.25) is 19.2 Å². The molecule has 6 amide bonds. The molecule has 8 aromatic rings. The van der Waals surface area contributed by atoms with Crippen LogP contribution in [0.3, 0.4) is 0 Å². The first-order chi connectivity index (χ1) is 64.1. The zero-order valence-electron chi connectivity index (χ0n) is 83.4. The number of nitrogens with one attached hydrogen (secondary N) is 2. The highest BCUT2D eigenvalue weighted by molar-refractivity contribution is 5.91. The van der Waals surface area contributed by atoms with Crippen molar-refractivity contribution in [2.75, 3.05) is 91.6 Å². The summed E-state index contributed by atoms with van der Waals surface area (Å²) in [4.78, 5) is 85.4. The minimum Gasteiger partial charge on any atom is -0.444 e. The van der Waals surface area contributed by atoms with Gasteiger partial charge in [0.1, 0.15) is 11.2 Å². The fraction of sp³-hybridized carbons (Fsp3) is 0.561. The molecule has 728 valence electrons. The molecule has 0 fully saturated rings. The quantitative estimate of drug-likeness (QED) is 0.0199. The Morgan fingerprint density at radius 3 is 0.758 bits per heavy atom. The maximum atomic E-state index is 13.6. The lowest BCUT2D eigenvalue weighted by molar-refractivity contribution is -0.368. The van der Waals surface area contributed by atoms with E-state index in [9.17, 15) is 28.8 Å². The molecule has 18 nitrogen and oxygen atoms in total. The van der Waals surface area contributed by atoms with E-state index in [1.165, 1.54) is 172 Å². The zero-order chi connectivity index (χ0) is 95.3. The number of unbranched alkanes of at least 4 members (excludes halogenated alkanes) is 26. The molecule has 132 heavy (non-hydrogen) atoms. The lowest BCUT2D eigenvalue weighted by Crippen LogP contribution is -2.50. The van der Waals surface area contributed by atoms with Crippen LogP contribution in [0.1, 0.15) is 332 Å². The molecule has 0 unspecified atom stereocenters. The molecule has 0 atom stereocenters. The van der Waals surface area contributed by atoms with Gasteiger partial charge < -0.3 is 62.6 Å². The Balaban J connectivity index is 0.000000313. The van der Waals surface area contributed by atoms with Crippen LogP contribution in [-0.4, -0.2) is 158 Å². The Morgan fingerprint density at radius 2 is 0.500 bits per heavy atom. The highest BCUT2D eigenvalue weighted by atomic mass is 16.6. The molecule has 0 bridgehead atoms. The first-order valence-corrected chi connectivity index (χ1v) is 51.5. The Morgan fingerprint density at radius 1 is 0.273 bits per heavy atom. The molecule has 0 heterocycles. The number of rotatable bonds is 62. The van der Waals surface area contributed by atoms with Gasteiger partial charge in [0.2, 0.25) is 23.6 Å². The van der Waals surface area contributed by atoms with Crippen molar-refractivity contribution in [3.05, 3.63) is 240 Å². The number of carbonyl (C=O) groups excluding carboxylic acids is 6. The van der Waals surface area contributed by atoms with Gasteiger partial charge in [0.15, 0.2) is 0 Å². The molecule has 0 aliphatic carbocycles. The summed E-state index contributed by atoms with van der Waals surface area (Å²) in [5.41, 5.74) is 21.8. The van der Waals surface area contributed by atoms with Crippen LogP contribution in [-0.2, 0) is 41.5 Å². The predicted octanol–water partition coefficient (Wildman–Crippen LogP) is 21.8. The van der Waals surface area contributed by atoms with Gasteiger partial charge in [-0.25, -0.2) is 9.59 Å². The number of amides is 6. The fourth-order valence-corrected chi connectivity index (χ4v) is 16.8. The molecule has 0 spiro atoms. The molecular weight excluding hydrogens is 1640 g/mol. The molecule has 18 heteroatoms. The number of carbonyl (C=O) groups is 6. The molecule has 0 aliphatic rings. The fourth-order valence-electron chi connectivity index (χ4n) is 16.8. The number of hydrogen-bond acceptors (Lipinski definition) is 8. The number of fused-ring (bicyclic) bond motifs is 2. The van der Waals surface area contributed by atoms with Crippen molar-refractivity contribution in [2.45, 2.75) is 322 Å². The van der Waals surface area contributed by atoms with Crippen LogP contribution in [0, 0.1) is 0 Å². The summed E-state index contributed by atoms with van der Waals surface area (Å²) in [6, 6.07) is 70.9. The number of ether oxygens (including phenoxy) is 2. The zero-order valence-corrected chi connectivity index (χ0v) is 83.4. The summed E-state index contributed by atoms with van der Waals surface area (Å²) in [7, 11) is 0. The number of nitrogens with zero attached hydrogens (tertiary/aromatic N) is 4. The second kappa shape index (κ2) is 70.3. The molecule has 0 aliphatic heterocycles. The lowest BCUT2D eigenvalue weighted by atomic mass is 9.88. The van der Waals surface area contributed by atoms with Crippen LogP contribution in [0.2, 0.25) is 0 Å². The molecule has 0 aromatic heterocycles. The van der Waals surface area contributed by atoms with E-state index in [-0.39, 0.29) is 47.7 Å². The van der Waals surface area contributed by atoms with Crippen molar-refractivity contribution < 1.29 is 61.2 Å². The highest BCUT2D eigenvalue weighted by Gasteiger charge is 2.26. The summed E-state index contributed by atoms with van der Waals surface area (Å²) in [6.45, 7) is 27.7. The number of hydrogen-bond donors (Lipinski definition) is 6. The topological polar surface area (TPSA) is 268 Å².